The quantitative estimate of drug-likeness (QED) is 0.533. The molecule has 0 atom stereocenters. The van der Waals surface area contributed by atoms with Gasteiger partial charge in [0.2, 0.25) is 0 Å². The molecule has 6 heteroatoms. The van der Waals surface area contributed by atoms with Gasteiger partial charge in [0, 0.05) is 12.8 Å². The van der Waals surface area contributed by atoms with Crippen molar-refractivity contribution in [2.45, 2.75) is 25.7 Å². The molecule has 1 heterocycles. The minimum Gasteiger partial charge on any atom is -0.458 e. The molecule has 16 heavy (non-hydrogen) atoms. The molecule has 0 aromatic rings. The molecule has 0 N–H and O–H groups in total. The minimum atomic E-state index is -0.614. The molecule has 1 saturated heterocycles. The van der Waals surface area contributed by atoms with Gasteiger partial charge >= 0.3 is 11.9 Å². The molecule has 0 spiro atoms. The largest absolute Gasteiger partial charge is 0.458 e. The van der Waals surface area contributed by atoms with Crippen LogP contribution < -0.4 is 0 Å². The number of carbonyl (C=O) groups is 4. The first-order valence-electron chi connectivity index (χ1n) is 4.92. The summed E-state index contributed by atoms with van der Waals surface area (Å²) < 4.78 is 9.21. The zero-order valence-electron chi connectivity index (χ0n) is 8.69. The lowest BCUT2D eigenvalue weighted by Gasteiger charge is -2.07. The molecule has 0 radical (unpaired) electrons. The van der Waals surface area contributed by atoms with Gasteiger partial charge in [0.1, 0.15) is 13.2 Å². The summed E-state index contributed by atoms with van der Waals surface area (Å²) in [5.41, 5.74) is 0. The number of hydrogen-bond acceptors (Lipinski definition) is 6. The van der Waals surface area contributed by atoms with Crippen molar-refractivity contribution in [1.82, 2.24) is 0 Å². The van der Waals surface area contributed by atoms with Crippen molar-refractivity contribution in [3.63, 3.8) is 0 Å². The van der Waals surface area contributed by atoms with Gasteiger partial charge in [-0.05, 0) is 0 Å². The van der Waals surface area contributed by atoms with Gasteiger partial charge in [-0.1, -0.05) is 0 Å². The molecule has 1 rings (SSSR count). The Morgan fingerprint density at radius 1 is 0.625 bits per heavy atom. The minimum absolute atomic E-state index is 0.00363. The standard InChI is InChI=1S/C10H12O6/c11-7-1-2-8(12)6-16-10(14)4-3-9(13)15-5-7/h1-6H2. The highest BCUT2D eigenvalue weighted by Crippen LogP contribution is 2.01. The first kappa shape index (κ1) is 12.4. The van der Waals surface area contributed by atoms with E-state index in [1.165, 1.54) is 0 Å². The van der Waals surface area contributed by atoms with Crippen LogP contribution in [0.5, 0.6) is 0 Å². The fourth-order valence-corrected chi connectivity index (χ4v) is 1.09. The highest BCUT2D eigenvalue weighted by Gasteiger charge is 2.15. The van der Waals surface area contributed by atoms with E-state index in [2.05, 4.69) is 9.47 Å². The van der Waals surface area contributed by atoms with E-state index in [0.717, 1.165) is 0 Å². The second kappa shape index (κ2) is 5.99. The Kier molecular flexibility index (Phi) is 4.63. The van der Waals surface area contributed by atoms with Crippen LogP contribution in [0.25, 0.3) is 0 Å². The van der Waals surface area contributed by atoms with E-state index in [9.17, 15) is 19.2 Å². The predicted octanol–water partition coefficient (Wildman–Crippen LogP) is -0.215. The van der Waals surface area contributed by atoms with Crippen LogP contribution in [0.3, 0.4) is 0 Å². The van der Waals surface area contributed by atoms with E-state index in [0.29, 0.717) is 0 Å². The Balaban J connectivity index is 2.52. The fourth-order valence-electron chi connectivity index (χ4n) is 1.09. The molecule has 88 valence electrons. The Hall–Kier alpha value is -1.72. The zero-order chi connectivity index (χ0) is 12.0. The van der Waals surface area contributed by atoms with Crippen molar-refractivity contribution < 1.29 is 28.7 Å². The summed E-state index contributed by atoms with van der Waals surface area (Å²) in [5, 5.41) is 0. The van der Waals surface area contributed by atoms with E-state index in [-0.39, 0.29) is 50.5 Å². The van der Waals surface area contributed by atoms with Gasteiger partial charge in [0.25, 0.3) is 0 Å². The maximum Gasteiger partial charge on any atom is 0.306 e. The van der Waals surface area contributed by atoms with Gasteiger partial charge in [-0.15, -0.1) is 0 Å². The molecule has 0 bridgehead atoms. The summed E-state index contributed by atoms with van der Waals surface area (Å²) in [6.45, 7) is -0.664. The molecule has 0 aromatic heterocycles. The van der Waals surface area contributed by atoms with Gasteiger partial charge in [-0.25, -0.2) is 0 Å². The smallest absolute Gasteiger partial charge is 0.306 e. The van der Waals surface area contributed by atoms with Crippen LogP contribution in [-0.4, -0.2) is 36.7 Å². The van der Waals surface area contributed by atoms with Crippen molar-refractivity contribution >= 4 is 23.5 Å². The highest BCUT2D eigenvalue weighted by atomic mass is 16.5. The second-order valence-corrected chi connectivity index (χ2v) is 3.40. The van der Waals surface area contributed by atoms with E-state index in [4.69, 9.17) is 0 Å². The predicted molar refractivity (Wildman–Crippen MR) is 50.4 cm³/mol. The molecule has 0 aromatic carbocycles. The van der Waals surface area contributed by atoms with Gasteiger partial charge in [-0.3, -0.25) is 19.2 Å². The van der Waals surface area contributed by atoms with Crippen LogP contribution in [0.1, 0.15) is 25.7 Å². The van der Waals surface area contributed by atoms with E-state index in [1.54, 1.807) is 0 Å². The fraction of sp³-hybridized carbons (Fsp3) is 0.600. The maximum absolute atomic E-state index is 11.1. The number of rotatable bonds is 0. The number of hydrogen-bond donors (Lipinski definition) is 0. The summed E-state index contributed by atoms with van der Waals surface area (Å²) in [6, 6.07) is 0. The van der Waals surface area contributed by atoms with Crippen molar-refractivity contribution in [3.05, 3.63) is 0 Å². The number of cyclic esters (lactones) is 2. The summed E-state index contributed by atoms with van der Waals surface area (Å²) in [7, 11) is 0. The normalized spacial score (nSPS) is 20.5. The first-order chi connectivity index (χ1) is 7.58. The summed E-state index contributed by atoms with van der Waals surface area (Å²) >= 11 is 0. The van der Waals surface area contributed by atoms with Gasteiger partial charge in [-0.2, -0.15) is 0 Å². The van der Waals surface area contributed by atoms with Gasteiger partial charge < -0.3 is 9.47 Å². The molecule has 1 fully saturated rings. The molecule has 6 nitrogen and oxygen atoms in total. The third kappa shape index (κ3) is 4.68. The van der Waals surface area contributed by atoms with Crippen molar-refractivity contribution in [2.24, 2.45) is 0 Å². The van der Waals surface area contributed by atoms with Crippen LogP contribution in [-0.2, 0) is 28.7 Å². The van der Waals surface area contributed by atoms with Crippen molar-refractivity contribution in [1.29, 1.82) is 0 Å². The lowest BCUT2D eigenvalue weighted by molar-refractivity contribution is -0.154. The Labute approximate surface area is 91.9 Å². The molecule has 0 saturated carbocycles. The highest BCUT2D eigenvalue weighted by molar-refractivity contribution is 5.89. The topological polar surface area (TPSA) is 86.7 Å². The number of ether oxygens (including phenoxy) is 2. The Morgan fingerprint density at radius 3 is 1.38 bits per heavy atom. The summed E-state index contributed by atoms with van der Waals surface area (Å²) in [4.78, 5) is 44.2. The van der Waals surface area contributed by atoms with Crippen LogP contribution in [0, 0.1) is 0 Å². The second-order valence-electron chi connectivity index (χ2n) is 3.40. The number of carbonyl (C=O) groups excluding carboxylic acids is 4. The Morgan fingerprint density at radius 2 is 1.00 bits per heavy atom. The summed E-state index contributed by atoms with van der Waals surface area (Å²) in [6.07, 6.45) is -0.270. The molecular weight excluding hydrogens is 216 g/mol. The lowest BCUT2D eigenvalue weighted by Crippen LogP contribution is -2.20. The Bertz CT molecular complexity index is 231. The number of esters is 2. The third-order valence-electron chi connectivity index (χ3n) is 2.00. The van der Waals surface area contributed by atoms with Crippen molar-refractivity contribution in [3.8, 4) is 0 Å². The van der Waals surface area contributed by atoms with Crippen LogP contribution in [0.4, 0.5) is 0 Å². The summed E-state index contributed by atoms with van der Waals surface area (Å²) in [5.74, 6) is -1.85. The average Bonchev–Trinajstić information content (AvgIpc) is 2.27. The van der Waals surface area contributed by atoms with Crippen molar-refractivity contribution in [2.75, 3.05) is 13.2 Å². The molecule has 1 aliphatic heterocycles. The third-order valence-corrected chi connectivity index (χ3v) is 2.00. The SMILES string of the molecule is O=C1CCC(=O)COC(=O)CCC(=O)OC1. The van der Waals surface area contributed by atoms with E-state index < -0.39 is 11.9 Å². The van der Waals surface area contributed by atoms with Crippen LogP contribution in [0.2, 0.25) is 0 Å². The molecule has 0 amide bonds. The molecule has 0 aliphatic carbocycles. The first-order valence-corrected chi connectivity index (χ1v) is 4.92. The number of ketones is 2. The van der Waals surface area contributed by atoms with E-state index in [1.807, 2.05) is 0 Å². The maximum atomic E-state index is 11.1. The molecular formula is C10H12O6. The molecule has 1 aliphatic rings. The monoisotopic (exact) mass is 228 g/mol. The van der Waals surface area contributed by atoms with Gasteiger partial charge in [0.05, 0.1) is 12.8 Å². The lowest BCUT2D eigenvalue weighted by atomic mass is 10.2. The van der Waals surface area contributed by atoms with Crippen LogP contribution >= 0.6 is 0 Å². The average molecular weight is 228 g/mol. The zero-order valence-corrected chi connectivity index (χ0v) is 8.69. The number of Topliss-reactive ketones (excluding diaryl/α,β-unsaturated/α-hetero) is 2. The van der Waals surface area contributed by atoms with E-state index >= 15 is 0 Å². The van der Waals surface area contributed by atoms with Gasteiger partial charge in [0.15, 0.2) is 11.6 Å². The van der Waals surface area contributed by atoms with Crippen LogP contribution in [0.15, 0.2) is 0 Å². The molecule has 0 unspecified atom stereocenters.